The number of aliphatic hydroxyl groups excluding tert-OH is 1. The van der Waals surface area contributed by atoms with E-state index in [1.807, 2.05) is 0 Å². The maximum atomic E-state index is 11.4. The first-order valence-electron chi connectivity index (χ1n) is 6.23. The van der Waals surface area contributed by atoms with E-state index >= 15 is 0 Å². The van der Waals surface area contributed by atoms with Crippen LogP contribution in [0, 0.1) is 6.92 Å². The molecule has 0 saturated heterocycles. The molecule has 0 unspecified atom stereocenters. The number of rotatable bonds is 4. The average Bonchev–Trinajstić information content (AvgIpc) is 2.32. The lowest BCUT2D eigenvalue weighted by Crippen LogP contribution is -2.40. The van der Waals surface area contributed by atoms with Crippen LogP contribution in [0.4, 0.5) is 4.79 Å². The summed E-state index contributed by atoms with van der Waals surface area (Å²) in [6.07, 6.45) is 0.868. The molecule has 1 rings (SSSR count). The van der Waals surface area contributed by atoms with E-state index < -0.39 is 11.7 Å². The number of nitrogens with one attached hydrogen (secondary N) is 2. The zero-order valence-corrected chi connectivity index (χ0v) is 12.1. The SMILES string of the molecule is Cc1ncc(CO)c(CNNC(=O)OC(C)(C)C)c1O. The molecule has 0 aliphatic carbocycles. The first-order valence-corrected chi connectivity index (χ1v) is 6.23. The number of carbonyl (C=O) groups excluding carboxylic acids is 1. The van der Waals surface area contributed by atoms with E-state index in [9.17, 15) is 15.0 Å². The highest BCUT2D eigenvalue weighted by Gasteiger charge is 2.16. The molecule has 0 atom stereocenters. The molecule has 112 valence electrons. The number of hydrogen-bond donors (Lipinski definition) is 4. The highest BCUT2D eigenvalue weighted by molar-refractivity contribution is 5.67. The predicted octanol–water partition coefficient (Wildman–Crippen LogP) is 1.12. The van der Waals surface area contributed by atoms with Gasteiger partial charge in [0.2, 0.25) is 0 Å². The lowest BCUT2D eigenvalue weighted by Gasteiger charge is -2.20. The fraction of sp³-hybridized carbons (Fsp3) is 0.538. The van der Waals surface area contributed by atoms with Gasteiger partial charge >= 0.3 is 6.09 Å². The van der Waals surface area contributed by atoms with E-state index in [-0.39, 0.29) is 18.9 Å². The van der Waals surface area contributed by atoms with Crippen molar-refractivity contribution in [3.8, 4) is 5.75 Å². The predicted molar refractivity (Wildman–Crippen MR) is 72.8 cm³/mol. The third-order valence-electron chi connectivity index (χ3n) is 2.46. The fourth-order valence-electron chi connectivity index (χ4n) is 1.53. The molecular weight excluding hydrogens is 262 g/mol. The van der Waals surface area contributed by atoms with Crippen molar-refractivity contribution in [3.63, 3.8) is 0 Å². The third-order valence-corrected chi connectivity index (χ3v) is 2.46. The second kappa shape index (κ2) is 6.53. The quantitative estimate of drug-likeness (QED) is 0.617. The summed E-state index contributed by atoms with van der Waals surface area (Å²) in [5.41, 5.74) is 5.85. The first-order chi connectivity index (χ1) is 9.24. The maximum Gasteiger partial charge on any atom is 0.422 e. The summed E-state index contributed by atoms with van der Waals surface area (Å²) in [6, 6.07) is 0. The van der Waals surface area contributed by atoms with Gasteiger partial charge < -0.3 is 14.9 Å². The molecule has 1 heterocycles. The number of aromatic nitrogens is 1. The monoisotopic (exact) mass is 283 g/mol. The van der Waals surface area contributed by atoms with E-state index in [1.165, 1.54) is 6.20 Å². The minimum atomic E-state index is -0.617. The molecule has 7 nitrogen and oxygen atoms in total. The van der Waals surface area contributed by atoms with Crippen molar-refractivity contribution in [3.05, 3.63) is 23.0 Å². The van der Waals surface area contributed by atoms with Gasteiger partial charge in [0, 0.05) is 23.9 Å². The van der Waals surface area contributed by atoms with Crippen LogP contribution in [0.1, 0.15) is 37.6 Å². The molecular formula is C13H21N3O4. The number of amides is 1. The highest BCUT2D eigenvalue weighted by atomic mass is 16.6. The minimum Gasteiger partial charge on any atom is -0.506 e. The molecule has 0 spiro atoms. The number of ether oxygens (including phenoxy) is 1. The van der Waals surface area contributed by atoms with E-state index in [1.54, 1.807) is 27.7 Å². The zero-order chi connectivity index (χ0) is 15.3. The number of carbonyl (C=O) groups is 1. The van der Waals surface area contributed by atoms with Crippen molar-refractivity contribution >= 4 is 6.09 Å². The van der Waals surface area contributed by atoms with Crippen LogP contribution >= 0.6 is 0 Å². The summed E-state index contributed by atoms with van der Waals surface area (Å²) in [7, 11) is 0. The summed E-state index contributed by atoms with van der Waals surface area (Å²) < 4.78 is 5.05. The number of aryl methyl sites for hydroxylation is 1. The maximum absolute atomic E-state index is 11.4. The van der Waals surface area contributed by atoms with Gasteiger partial charge in [0.25, 0.3) is 0 Å². The van der Waals surface area contributed by atoms with Crippen molar-refractivity contribution in [2.45, 2.75) is 46.4 Å². The molecule has 0 aromatic carbocycles. The van der Waals surface area contributed by atoms with Gasteiger partial charge in [0.05, 0.1) is 12.3 Å². The van der Waals surface area contributed by atoms with Crippen LogP contribution in [0.5, 0.6) is 5.75 Å². The molecule has 1 aromatic rings. The Hall–Kier alpha value is -1.86. The third kappa shape index (κ3) is 4.67. The molecule has 0 radical (unpaired) electrons. The minimum absolute atomic E-state index is 0.00459. The van der Waals surface area contributed by atoms with E-state index in [4.69, 9.17) is 4.74 Å². The fourth-order valence-corrected chi connectivity index (χ4v) is 1.53. The van der Waals surface area contributed by atoms with Crippen LogP contribution in [0.25, 0.3) is 0 Å². The van der Waals surface area contributed by atoms with Crippen LogP contribution in [-0.4, -0.2) is 26.9 Å². The van der Waals surface area contributed by atoms with Crippen LogP contribution < -0.4 is 10.9 Å². The van der Waals surface area contributed by atoms with Gasteiger partial charge in [-0.2, -0.15) is 0 Å². The van der Waals surface area contributed by atoms with Gasteiger partial charge in [0.15, 0.2) is 0 Å². The molecule has 0 saturated carbocycles. The van der Waals surface area contributed by atoms with Crippen LogP contribution in [0.3, 0.4) is 0 Å². The van der Waals surface area contributed by atoms with Crippen LogP contribution in [0.15, 0.2) is 6.20 Å². The molecule has 0 fully saturated rings. The van der Waals surface area contributed by atoms with Crippen molar-refractivity contribution in [2.24, 2.45) is 0 Å². The van der Waals surface area contributed by atoms with Gasteiger partial charge in [-0.1, -0.05) is 0 Å². The summed E-state index contributed by atoms with van der Waals surface area (Å²) in [5, 5.41) is 19.1. The van der Waals surface area contributed by atoms with E-state index in [0.717, 1.165) is 0 Å². The van der Waals surface area contributed by atoms with Crippen molar-refractivity contribution in [2.75, 3.05) is 0 Å². The van der Waals surface area contributed by atoms with Gasteiger partial charge in [-0.05, 0) is 27.7 Å². The second-order valence-electron chi connectivity index (χ2n) is 5.33. The Bertz CT molecular complexity index is 483. The molecule has 1 amide bonds. The number of hydrogen-bond acceptors (Lipinski definition) is 6. The summed E-state index contributed by atoms with van der Waals surface area (Å²) in [5.74, 6) is -0.00459. The number of aromatic hydroxyl groups is 1. The first kappa shape index (κ1) is 16.2. The van der Waals surface area contributed by atoms with Gasteiger partial charge in [0.1, 0.15) is 11.4 Å². The lowest BCUT2D eigenvalue weighted by molar-refractivity contribution is 0.0496. The topological polar surface area (TPSA) is 104 Å². The van der Waals surface area contributed by atoms with Crippen molar-refractivity contribution in [1.82, 2.24) is 15.8 Å². The lowest BCUT2D eigenvalue weighted by atomic mass is 10.1. The number of hydrazine groups is 1. The van der Waals surface area contributed by atoms with E-state index in [2.05, 4.69) is 15.8 Å². The largest absolute Gasteiger partial charge is 0.506 e. The molecule has 4 N–H and O–H groups in total. The van der Waals surface area contributed by atoms with Gasteiger partial charge in [-0.15, -0.1) is 0 Å². The average molecular weight is 283 g/mol. The van der Waals surface area contributed by atoms with Crippen molar-refractivity contribution < 1.29 is 19.7 Å². The standard InChI is InChI=1S/C13H21N3O4/c1-8-11(18)10(9(7-17)5-14-8)6-15-16-12(19)20-13(2,3)4/h5,15,17-18H,6-7H2,1-4H3,(H,16,19). The molecule has 0 aliphatic heterocycles. The summed E-state index contributed by atoms with van der Waals surface area (Å²) in [6.45, 7) is 6.83. The Kier molecular flexibility index (Phi) is 5.29. The Balaban J connectivity index is 2.62. The number of pyridine rings is 1. The van der Waals surface area contributed by atoms with Crippen LogP contribution in [-0.2, 0) is 17.9 Å². The van der Waals surface area contributed by atoms with Crippen LogP contribution in [0.2, 0.25) is 0 Å². The second-order valence-corrected chi connectivity index (χ2v) is 5.33. The smallest absolute Gasteiger partial charge is 0.422 e. The Morgan fingerprint density at radius 2 is 2.10 bits per heavy atom. The number of nitrogens with zero attached hydrogens (tertiary/aromatic N) is 1. The van der Waals surface area contributed by atoms with Gasteiger partial charge in [-0.25, -0.2) is 10.2 Å². The summed E-state index contributed by atoms with van der Waals surface area (Å²) in [4.78, 5) is 15.4. The molecule has 7 heteroatoms. The Morgan fingerprint density at radius 1 is 1.45 bits per heavy atom. The Morgan fingerprint density at radius 3 is 2.65 bits per heavy atom. The van der Waals surface area contributed by atoms with Crippen molar-refractivity contribution in [1.29, 1.82) is 0 Å². The highest BCUT2D eigenvalue weighted by Crippen LogP contribution is 2.23. The number of aliphatic hydroxyl groups is 1. The summed E-state index contributed by atoms with van der Waals surface area (Å²) >= 11 is 0. The Labute approximate surface area is 118 Å². The zero-order valence-electron chi connectivity index (χ0n) is 12.1. The molecule has 0 aliphatic rings. The molecule has 0 bridgehead atoms. The molecule has 1 aromatic heterocycles. The normalized spacial score (nSPS) is 11.2. The van der Waals surface area contributed by atoms with Gasteiger partial charge in [-0.3, -0.25) is 10.4 Å². The molecule has 20 heavy (non-hydrogen) atoms. The van der Waals surface area contributed by atoms with E-state index in [0.29, 0.717) is 16.8 Å².